The Bertz CT molecular complexity index is 860. The number of thioether (sulfide) groups is 1. The van der Waals surface area contributed by atoms with Gasteiger partial charge in [-0.2, -0.15) is 0 Å². The highest BCUT2D eigenvalue weighted by atomic mass is 32.2. The Labute approximate surface area is 149 Å². The van der Waals surface area contributed by atoms with Gasteiger partial charge in [0.2, 0.25) is 11.5 Å². The van der Waals surface area contributed by atoms with Crippen LogP contribution in [0.4, 0.5) is 0 Å². The van der Waals surface area contributed by atoms with E-state index in [2.05, 4.69) is 0 Å². The number of Topliss-reactive ketones (excluding diaryl/α,β-unsaturated/α-hetero) is 1. The Balaban J connectivity index is 2.01. The van der Waals surface area contributed by atoms with Gasteiger partial charge >= 0.3 is 5.97 Å². The number of hydrogen-bond acceptors (Lipinski definition) is 6. The van der Waals surface area contributed by atoms with E-state index in [1.165, 1.54) is 32.9 Å². The van der Waals surface area contributed by atoms with Crippen molar-refractivity contribution in [3.05, 3.63) is 52.4 Å². The van der Waals surface area contributed by atoms with Crippen LogP contribution in [0.2, 0.25) is 0 Å². The highest BCUT2D eigenvalue weighted by molar-refractivity contribution is 8.04. The highest BCUT2D eigenvalue weighted by Crippen LogP contribution is 2.43. The maximum atomic E-state index is 12.5. The molecule has 128 valence electrons. The van der Waals surface area contributed by atoms with Crippen LogP contribution in [0.1, 0.15) is 22.8 Å². The van der Waals surface area contributed by atoms with Gasteiger partial charge in [-0.3, -0.25) is 9.59 Å². The summed E-state index contributed by atoms with van der Waals surface area (Å²) in [7, 11) is 2.95. The quantitative estimate of drug-likeness (QED) is 0.469. The summed E-state index contributed by atoms with van der Waals surface area (Å²) >= 11 is 1.43. The lowest BCUT2D eigenvalue weighted by atomic mass is 10.1. The molecule has 0 atom stereocenters. The summed E-state index contributed by atoms with van der Waals surface area (Å²) in [5, 5.41) is 0. The number of allylic oxidation sites excluding steroid dienone is 1. The zero-order valence-electron chi connectivity index (χ0n) is 14.0. The number of ketones is 1. The van der Waals surface area contributed by atoms with Gasteiger partial charge < -0.3 is 14.2 Å². The smallest absolute Gasteiger partial charge is 0.308 e. The molecule has 25 heavy (non-hydrogen) atoms. The number of carbonyl (C=O) groups is 2. The van der Waals surface area contributed by atoms with E-state index >= 15 is 0 Å². The molecular weight excluding hydrogens is 340 g/mol. The molecule has 3 rings (SSSR count). The molecular formula is C19H16O5S. The lowest BCUT2D eigenvalue weighted by Crippen LogP contribution is -2.05. The topological polar surface area (TPSA) is 61.8 Å². The maximum absolute atomic E-state index is 12.5. The van der Waals surface area contributed by atoms with E-state index in [0.29, 0.717) is 27.5 Å². The average molecular weight is 356 g/mol. The molecule has 0 N–H and O–H groups in total. The first kappa shape index (κ1) is 17.1. The average Bonchev–Trinajstić information content (AvgIpc) is 2.91. The van der Waals surface area contributed by atoms with Crippen LogP contribution in [-0.2, 0) is 4.79 Å². The van der Waals surface area contributed by atoms with Crippen LogP contribution in [0, 0.1) is 0 Å². The number of hydrogen-bond donors (Lipinski definition) is 0. The minimum absolute atomic E-state index is 0.0115. The predicted molar refractivity (Wildman–Crippen MR) is 95.5 cm³/mol. The summed E-state index contributed by atoms with van der Waals surface area (Å²) in [5.74, 6) is 0.444. The minimum Gasteiger partial charge on any atom is -0.493 e. The Kier molecular flexibility index (Phi) is 4.81. The zero-order valence-corrected chi connectivity index (χ0v) is 14.8. The molecule has 0 bridgehead atoms. The van der Waals surface area contributed by atoms with Crippen LogP contribution < -0.4 is 14.2 Å². The van der Waals surface area contributed by atoms with E-state index < -0.39 is 5.97 Å². The molecule has 0 unspecified atom stereocenters. The molecule has 6 heteroatoms. The van der Waals surface area contributed by atoms with Crippen molar-refractivity contribution in [2.75, 3.05) is 14.2 Å². The van der Waals surface area contributed by atoms with Crippen LogP contribution in [0.25, 0.3) is 6.08 Å². The maximum Gasteiger partial charge on any atom is 0.308 e. The number of benzene rings is 2. The molecule has 1 aliphatic rings. The van der Waals surface area contributed by atoms with Gasteiger partial charge in [-0.15, -0.1) is 0 Å². The largest absolute Gasteiger partial charge is 0.493 e. The Hall–Kier alpha value is -2.73. The number of rotatable bonds is 4. The number of carbonyl (C=O) groups excluding carboxylic acids is 2. The summed E-state index contributed by atoms with van der Waals surface area (Å²) in [6.45, 7) is 1.31. The van der Waals surface area contributed by atoms with Gasteiger partial charge in [0.1, 0.15) is 0 Å². The van der Waals surface area contributed by atoms with E-state index in [9.17, 15) is 9.59 Å². The van der Waals surface area contributed by atoms with Crippen molar-refractivity contribution in [1.29, 1.82) is 0 Å². The summed E-state index contributed by atoms with van der Waals surface area (Å²) < 4.78 is 15.8. The summed E-state index contributed by atoms with van der Waals surface area (Å²) in [4.78, 5) is 25.3. The molecule has 0 amide bonds. The lowest BCUT2D eigenvalue weighted by molar-refractivity contribution is -0.132. The first-order valence-corrected chi connectivity index (χ1v) is 8.33. The van der Waals surface area contributed by atoms with Gasteiger partial charge in [-0.25, -0.2) is 0 Å². The molecule has 0 radical (unpaired) electrons. The molecule has 0 saturated heterocycles. The Morgan fingerprint density at radius 2 is 1.72 bits per heavy atom. The van der Waals surface area contributed by atoms with Gasteiger partial charge in [-0.1, -0.05) is 23.9 Å². The number of esters is 1. The second kappa shape index (κ2) is 7.03. The normalized spacial score (nSPS) is 14.4. The van der Waals surface area contributed by atoms with Crippen molar-refractivity contribution in [3.8, 4) is 17.2 Å². The molecule has 2 aromatic carbocycles. The van der Waals surface area contributed by atoms with Crippen LogP contribution in [0.5, 0.6) is 17.2 Å². The monoisotopic (exact) mass is 356 g/mol. The third-order valence-corrected chi connectivity index (χ3v) is 4.70. The second-order valence-corrected chi connectivity index (χ2v) is 6.37. The lowest BCUT2D eigenvalue weighted by Gasteiger charge is -2.13. The zero-order chi connectivity index (χ0) is 18.0. The van der Waals surface area contributed by atoms with Gasteiger partial charge in [0.05, 0.1) is 19.1 Å². The molecule has 0 spiro atoms. The van der Waals surface area contributed by atoms with Crippen molar-refractivity contribution in [3.63, 3.8) is 0 Å². The molecule has 2 aromatic rings. The van der Waals surface area contributed by atoms with Gasteiger partial charge in [0.15, 0.2) is 11.5 Å². The van der Waals surface area contributed by atoms with Crippen LogP contribution >= 0.6 is 11.8 Å². The first-order chi connectivity index (χ1) is 12.0. The van der Waals surface area contributed by atoms with E-state index in [1.807, 2.05) is 24.3 Å². The molecule has 0 fully saturated rings. The standard InChI is InChI=1S/C19H16O5S/c1-11(20)24-19-14(22-2)8-12(9-15(19)23-3)10-17-18(21)13-6-4-5-7-16(13)25-17/h4-10H,1-3H3/b17-10-. The van der Waals surface area contributed by atoms with Crippen LogP contribution in [0.3, 0.4) is 0 Å². The Morgan fingerprint density at radius 3 is 2.28 bits per heavy atom. The molecule has 1 heterocycles. The number of methoxy groups -OCH3 is 2. The minimum atomic E-state index is -0.473. The fraction of sp³-hybridized carbons (Fsp3) is 0.158. The summed E-state index contributed by atoms with van der Waals surface area (Å²) in [6.07, 6.45) is 1.77. The molecule has 0 aliphatic carbocycles. The highest BCUT2D eigenvalue weighted by Gasteiger charge is 2.25. The van der Waals surface area contributed by atoms with Crippen molar-refractivity contribution in [2.45, 2.75) is 11.8 Å². The van der Waals surface area contributed by atoms with E-state index in [1.54, 1.807) is 18.2 Å². The Morgan fingerprint density at radius 1 is 1.08 bits per heavy atom. The number of ether oxygens (including phenoxy) is 3. The second-order valence-electron chi connectivity index (χ2n) is 5.28. The summed E-state index contributed by atoms with van der Waals surface area (Å²) in [6, 6.07) is 10.9. The van der Waals surface area contributed by atoms with Crippen molar-refractivity contribution < 1.29 is 23.8 Å². The SMILES string of the molecule is COc1cc(/C=C2\Sc3ccccc3C2=O)cc(OC)c1OC(C)=O. The molecule has 0 aromatic heterocycles. The van der Waals surface area contributed by atoms with Crippen molar-refractivity contribution in [1.82, 2.24) is 0 Å². The van der Waals surface area contributed by atoms with E-state index in [-0.39, 0.29) is 11.5 Å². The van der Waals surface area contributed by atoms with Gasteiger partial charge in [0, 0.05) is 17.4 Å². The third kappa shape index (κ3) is 3.39. The van der Waals surface area contributed by atoms with Gasteiger partial charge in [0.25, 0.3) is 0 Å². The predicted octanol–water partition coefficient (Wildman–Crippen LogP) is 3.96. The van der Waals surface area contributed by atoms with E-state index in [0.717, 1.165) is 4.90 Å². The van der Waals surface area contributed by atoms with Crippen LogP contribution in [-0.4, -0.2) is 26.0 Å². The fourth-order valence-electron chi connectivity index (χ4n) is 2.51. The van der Waals surface area contributed by atoms with Crippen molar-refractivity contribution in [2.24, 2.45) is 0 Å². The third-order valence-electron chi connectivity index (χ3n) is 3.60. The van der Waals surface area contributed by atoms with E-state index in [4.69, 9.17) is 14.2 Å². The fourth-order valence-corrected chi connectivity index (χ4v) is 3.57. The number of fused-ring (bicyclic) bond motifs is 1. The first-order valence-electron chi connectivity index (χ1n) is 7.51. The van der Waals surface area contributed by atoms with Crippen LogP contribution in [0.15, 0.2) is 46.2 Å². The molecule has 1 aliphatic heterocycles. The molecule has 0 saturated carbocycles. The van der Waals surface area contributed by atoms with Gasteiger partial charge in [-0.05, 0) is 35.9 Å². The van der Waals surface area contributed by atoms with Crippen molar-refractivity contribution >= 4 is 29.6 Å². The molecule has 5 nitrogen and oxygen atoms in total. The summed E-state index contributed by atoms with van der Waals surface area (Å²) in [5.41, 5.74) is 1.42.